The maximum absolute atomic E-state index is 12.7. The summed E-state index contributed by atoms with van der Waals surface area (Å²) in [5.41, 5.74) is 1.95. The van der Waals surface area contributed by atoms with Crippen molar-refractivity contribution >= 4 is 5.91 Å². The van der Waals surface area contributed by atoms with Crippen LogP contribution in [0.1, 0.15) is 36.8 Å². The van der Waals surface area contributed by atoms with Crippen LogP contribution < -0.4 is 0 Å². The average molecular weight is 323 g/mol. The van der Waals surface area contributed by atoms with Gasteiger partial charge in [-0.05, 0) is 42.4 Å². The molecule has 1 unspecified atom stereocenters. The fourth-order valence-electron chi connectivity index (χ4n) is 4.64. The van der Waals surface area contributed by atoms with Crippen LogP contribution in [0.4, 0.5) is 0 Å². The summed E-state index contributed by atoms with van der Waals surface area (Å²) in [6.07, 6.45) is 5.20. The van der Waals surface area contributed by atoms with Crippen LogP contribution in [0.5, 0.6) is 0 Å². The van der Waals surface area contributed by atoms with E-state index < -0.39 is 0 Å². The lowest BCUT2D eigenvalue weighted by molar-refractivity contribution is -0.135. The van der Waals surface area contributed by atoms with Gasteiger partial charge in [0.1, 0.15) is 0 Å². The Balaban J connectivity index is 1.27. The maximum Gasteiger partial charge on any atom is 0.226 e. The van der Waals surface area contributed by atoms with Crippen molar-refractivity contribution in [3.05, 3.63) is 35.4 Å². The van der Waals surface area contributed by atoms with Gasteiger partial charge in [0.05, 0.1) is 11.6 Å². The topological polar surface area (TPSA) is 47.3 Å². The van der Waals surface area contributed by atoms with Crippen molar-refractivity contribution in [2.45, 2.75) is 32.2 Å². The Morgan fingerprint density at radius 3 is 2.25 bits per heavy atom. The number of nitriles is 1. The zero-order valence-electron chi connectivity index (χ0n) is 14.2. The quantitative estimate of drug-likeness (QED) is 0.859. The molecule has 2 saturated carbocycles. The molecule has 3 fully saturated rings. The minimum Gasteiger partial charge on any atom is -0.340 e. The normalized spacial score (nSPS) is 29.6. The van der Waals surface area contributed by atoms with Gasteiger partial charge in [0.15, 0.2) is 0 Å². The molecule has 24 heavy (non-hydrogen) atoms. The Bertz CT molecular complexity index is 628. The summed E-state index contributed by atoms with van der Waals surface area (Å²) in [5.74, 6) is 2.22. The van der Waals surface area contributed by atoms with E-state index in [2.05, 4.69) is 15.9 Å². The first-order chi connectivity index (χ1) is 11.8. The van der Waals surface area contributed by atoms with Crippen molar-refractivity contribution in [3.8, 4) is 6.07 Å². The minimum atomic E-state index is 0.359. The van der Waals surface area contributed by atoms with E-state index in [0.717, 1.165) is 32.7 Å². The smallest absolute Gasteiger partial charge is 0.226 e. The van der Waals surface area contributed by atoms with Crippen LogP contribution in [0.15, 0.2) is 24.3 Å². The molecule has 0 N–H and O–H groups in total. The lowest BCUT2D eigenvalue weighted by atomic mass is 10.0. The zero-order valence-corrected chi connectivity index (χ0v) is 14.2. The molecular weight excluding hydrogens is 298 g/mol. The fraction of sp³-hybridized carbons (Fsp3) is 0.600. The summed E-state index contributed by atoms with van der Waals surface area (Å²) in [6, 6.07) is 9.98. The Morgan fingerprint density at radius 1 is 1.04 bits per heavy atom. The molecule has 1 amide bonds. The van der Waals surface area contributed by atoms with Crippen LogP contribution in [0.2, 0.25) is 0 Å². The molecule has 4 rings (SSSR count). The molecule has 2 aliphatic carbocycles. The van der Waals surface area contributed by atoms with Crippen LogP contribution >= 0.6 is 0 Å². The molecule has 4 heteroatoms. The summed E-state index contributed by atoms with van der Waals surface area (Å²) in [5, 5.41) is 8.86. The number of amides is 1. The highest BCUT2D eigenvalue weighted by Crippen LogP contribution is 2.56. The van der Waals surface area contributed by atoms with E-state index in [1.165, 1.54) is 31.2 Å². The zero-order chi connectivity index (χ0) is 16.5. The second-order valence-electron chi connectivity index (χ2n) is 7.55. The molecule has 1 aliphatic heterocycles. The molecule has 0 radical (unpaired) electrons. The predicted octanol–water partition coefficient (Wildman–Crippen LogP) is 2.64. The summed E-state index contributed by atoms with van der Waals surface area (Å²) in [4.78, 5) is 17.3. The SMILES string of the molecule is N#Cc1ccc(CN2CCN(C(=O)C3[C@H]4CCCC[C@@H]34)CC2)cc1. The standard InChI is InChI=1S/C20H25N3O/c21-13-15-5-7-16(8-6-15)14-22-9-11-23(12-10-22)20(24)19-17-3-1-2-4-18(17)19/h5-8,17-19H,1-4,9-12,14H2/t17-,18+,19?. The molecule has 1 heterocycles. The summed E-state index contributed by atoms with van der Waals surface area (Å²) >= 11 is 0. The number of fused-ring (bicyclic) bond motifs is 1. The third-order valence-electron chi connectivity index (χ3n) is 6.11. The first kappa shape index (κ1) is 15.7. The molecule has 0 aromatic heterocycles. The van der Waals surface area contributed by atoms with Gasteiger partial charge in [0, 0.05) is 38.6 Å². The number of carbonyl (C=O) groups is 1. The van der Waals surface area contributed by atoms with Gasteiger partial charge in [-0.1, -0.05) is 25.0 Å². The van der Waals surface area contributed by atoms with Crippen LogP contribution in [0.3, 0.4) is 0 Å². The summed E-state index contributed by atoms with van der Waals surface area (Å²) in [7, 11) is 0. The second-order valence-corrected chi connectivity index (χ2v) is 7.55. The highest BCUT2D eigenvalue weighted by atomic mass is 16.2. The number of benzene rings is 1. The molecule has 0 bridgehead atoms. The van der Waals surface area contributed by atoms with Gasteiger partial charge in [-0.2, -0.15) is 5.26 Å². The first-order valence-corrected chi connectivity index (χ1v) is 9.26. The Kier molecular flexibility index (Phi) is 4.28. The van der Waals surface area contributed by atoms with Gasteiger partial charge in [-0.3, -0.25) is 9.69 Å². The lowest BCUT2D eigenvalue weighted by Gasteiger charge is -2.35. The number of nitrogens with zero attached hydrogens (tertiary/aromatic N) is 3. The highest BCUT2D eigenvalue weighted by molar-refractivity contribution is 5.82. The van der Waals surface area contributed by atoms with Gasteiger partial charge in [0.25, 0.3) is 0 Å². The fourth-order valence-corrected chi connectivity index (χ4v) is 4.64. The molecule has 3 atom stereocenters. The monoisotopic (exact) mass is 323 g/mol. The molecule has 1 saturated heterocycles. The van der Waals surface area contributed by atoms with Crippen molar-refractivity contribution in [1.82, 2.24) is 9.80 Å². The number of rotatable bonds is 3. The van der Waals surface area contributed by atoms with E-state index in [4.69, 9.17) is 5.26 Å². The van der Waals surface area contributed by atoms with E-state index in [0.29, 0.717) is 29.2 Å². The van der Waals surface area contributed by atoms with Crippen LogP contribution in [0, 0.1) is 29.1 Å². The highest BCUT2D eigenvalue weighted by Gasteiger charge is 2.55. The molecule has 3 aliphatic rings. The largest absolute Gasteiger partial charge is 0.340 e. The number of piperazine rings is 1. The molecule has 1 aromatic carbocycles. The average Bonchev–Trinajstić information content (AvgIpc) is 3.37. The van der Waals surface area contributed by atoms with E-state index in [1.54, 1.807) is 0 Å². The Labute approximate surface area is 144 Å². The van der Waals surface area contributed by atoms with Gasteiger partial charge >= 0.3 is 0 Å². The van der Waals surface area contributed by atoms with Crippen LogP contribution in [0.25, 0.3) is 0 Å². The first-order valence-electron chi connectivity index (χ1n) is 9.26. The molecule has 4 nitrogen and oxygen atoms in total. The van der Waals surface area contributed by atoms with Crippen molar-refractivity contribution < 1.29 is 4.79 Å². The lowest BCUT2D eigenvalue weighted by Crippen LogP contribution is -2.49. The Hall–Kier alpha value is -1.86. The summed E-state index contributed by atoms with van der Waals surface area (Å²) < 4.78 is 0. The molecule has 126 valence electrons. The van der Waals surface area contributed by atoms with E-state index in [9.17, 15) is 4.79 Å². The Morgan fingerprint density at radius 2 is 1.67 bits per heavy atom. The van der Waals surface area contributed by atoms with E-state index in [1.807, 2.05) is 24.3 Å². The van der Waals surface area contributed by atoms with Gasteiger partial charge < -0.3 is 4.90 Å². The number of hydrogen-bond acceptors (Lipinski definition) is 3. The second kappa shape index (κ2) is 6.57. The minimum absolute atomic E-state index is 0.359. The van der Waals surface area contributed by atoms with Crippen LogP contribution in [-0.4, -0.2) is 41.9 Å². The van der Waals surface area contributed by atoms with E-state index in [-0.39, 0.29) is 0 Å². The van der Waals surface area contributed by atoms with Gasteiger partial charge in [-0.25, -0.2) is 0 Å². The number of hydrogen-bond donors (Lipinski definition) is 0. The van der Waals surface area contributed by atoms with Gasteiger partial charge in [-0.15, -0.1) is 0 Å². The third kappa shape index (κ3) is 3.06. The van der Waals surface area contributed by atoms with Crippen molar-refractivity contribution in [2.75, 3.05) is 26.2 Å². The predicted molar refractivity (Wildman–Crippen MR) is 92.0 cm³/mol. The number of carbonyl (C=O) groups excluding carboxylic acids is 1. The van der Waals surface area contributed by atoms with Gasteiger partial charge in [0.2, 0.25) is 5.91 Å². The van der Waals surface area contributed by atoms with E-state index >= 15 is 0 Å². The maximum atomic E-state index is 12.7. The summed E-state index contributed by atoms with van der Waals surface area (Å²) in [6.45, 7) is 4.54. The van der Waals surface area contributed by atoms with Crippen molar-refractivity contribution in [2.24, 2.45) is 17.8 Å². The third-order valence-corrected chi connectivity index (χ3v) is 6.11. The molecule has 1 aromatic rings. The van der Waals surface area contributed by atoms with Crippen molar-refractivity contribution in [1.29, 1.82) is 5.26 Å². The molecular formula is C20H25N3O. The van der Waals surface area contributed by atoms with Crippen molar-refractivity contribution in [3.63, 3.8) is 0 Å². The molecule has 0 spiro atoms. The van der Waals surface area contributed by atoms with Crippen LogP contribution in [-0.2, 0) is 11.3 Å².